The zero-order chi connectivity index (χ0) is 28.2. The molecule has 0 saturated carbocycles. The van der Waals surface area contributed by atoms with Gasteiger partial charge in [-0.25, -0.2) is 31.7 Å². The van der Waals surface area contributed by atoms with Crippen LogP contribution in [0.2, 0.25) is 0 Å². The van der Waals surface area contributed by atoms with E-state index in [9.17, 15) is 27.9 Å². The Hall–Kier alpha value is -4.72. The number of fused-ring (bicyclic) bond motifs is 2. The molecule has 198 valence electrons. The summed E-state index contributed by atoms with van der Waals surface area (Å²) in [5.41, 5.74) is -1.39. The maximum Gasteiger partial charge on any atom is 0.336 e. The van der Waals surface area contributed by atoms with Crippen molar-refractivity contribution in [2.45, 2.75) is 25.8 Å². The van der Waals surface area contributed by atoms with Crippen LogP contribution in [-0.4, -0.2) is 27.6 Å². The predicted molar refractivity (Wildman–Crippen MR) is 133 cm³/mol. The highest BCUT2D eigenvalue weighted by molar-refractivity contribution is 6.01. The number of H-pyrrole nitrogens is 1. The van der Waals surface area contributed by atoms with E-state index >= 15 is 8.78 Å². The van der Waals surface area contributed by atoms with Crippen LogP contribution in [0.1, 0.15) is 39.8 Å². The fraction of sp³-hybridized carbons (Fsp3) is 0.179. The Morgan fingerprint density at radius 3 is 2.41 bits per heavy atom. The molecular weight excluding hydrogens is 521 g/mol. The van der Waals surface area contributed by atoms with E-state index in [-0.39, 0.29) is 23.2 Å². The summed E-state index contributed by atoms with van der Waals surface area (Å²) in [4.78, 5) is 33.2. The van der Waals surface area contributed by atoms with Gasteiger partial charge in [0.05, 0.1) is 34.6 Å². The second kappa shape index (κ2) is 9.54. The van der Waals surface area contributed by atoms with Crippen molar-refractivity contribution < 1.29 is 31.9 Å². The van der Waals surface area contributed by atoms with Crippen molar-refractivity contribution >= 4 is 22.6 Å². The molecule has 1 aliphatic carbocycles. The number of halogens is 5. The summed E-state index contributed by atoms with van der Waals surface area (Å²) in [5, 5.41) is 10.1. The number of carboxylic acid groups (broad SMARTS) is 1. The van der Waals surface area contributed by atoms with Gasteiger partial charge in [-0.2, -0.15) is 0 Å². The predicted octanol–water partition coefficient (Wildman–Crippen LogP) is 5.42. The number of aryl methyl sites for hydroxylation is 2. The van der Waals surface area contributed by atoms with Gasteiger partial charge in [0, 0.05) is 11.3 Å². The summed E-state index contributed by atoms with van der Waals surface area (Å²) in [5.74, 6) is -9.94. The van der Waals surface area contributed by atoms with Gasteiger partial charge in [0.15, 0.2) is 23.3 Å². The summed E-state index contributed by atoms with van der Waals surface area (Å²) in [6.45, 7) is 1.43. The first kappa shape index (κ1) is 25.9. The Balaban J connectivity index is 1.78. The summed E-state index contributed by atoms with van der Waals surface area (Å²) in [6, 6.07) is 6.33. The number of carboxylic acids is 1. The highest BCUT2D eigenvalue weighted by Crippen LogP contribution is 2.45. The number of aromatic carboxylic acids is 1. The Morgan fingerprint density at radius 1 is 1.10 bits per heavy atom. The number of nitrogens with one attached hydrogen (secondary N) is 1. The van der Waals surface area contributed by atoms with Gasteiger partial charge in [-0.05, 0) is 55.2 Å². The third-order valence-corrected chi connectivity index (χ3v) is 6.81. The Kier molecular flexibility index (Phi) is 6.34. The Bertz CT molecular complexity index is 1770. The monoisotopic (exact) mass is 539 g/mol. The minimum absolute atomic E-state index is 0.148. The van der Waals surface area contributed by atoms with Crippen LogP contribution in [0.15, 0.2) is 35.1 Å². The van der Waals surface area contributed by atoms with E-state index in [0.717, 1.165) is 11.6 Å². The third-order valence-electron chi connectivity index (χ3n) is 6.81. The summed E-state index contributed by atoms with van der Waals surface area (Å²) in [7, 11) is 0. The second-order valence-corrected chi connectivity index (χ2v) is 9.06. The van der Waals surface area contributed by atoms with Crippen LogP contribution in [0.25, 0.3) is 22.0 Å². The normalized spacial score (nSPS) is 14.3. The maximum absolute atomic E-state index is 15.0. The third kappa shape index (κ3) is 4.09. The van der Waals surface area contributed by atoms with Crippen molar-refractivity contribution in [2.75, 3.05) is 11.4 Å². The van der Waals surface area contributed by atoms with Crippen molar-refractivity contribution in [1.29, 1.82) is 0 Å². The fourth-order valence-electron chi connectivity index (χ4n) is 5.17. The van der Waals surface area contributed by atoms with Crippen molar-refractivity contribution in [3.63, 3.8) is 0 Å². The van der Waals surface area contributed by atoms with Crippen LogP contribution in [0, 0.1) is 48.4 Å². The topological polar surface area (TPSA) is 86.3 Å². The number of aromatic nitrogens is 2. The summed E-state index contributed by atoms with van der Waals surface area (Å²) in [6.07, 6.45) is 6.51. The van der Waals surface area contributed by atoms with Crippen LogP contribution in [0.4, 0.5) is 27.6 Å². The van der Waals surface area contributed by atoms with E-state index < -0.39 is 57.8 Å². The van der Waals surface area contributed by atoms with Gasteiger partial charge in [-0.1, -0.05) is 12.0 Å². The number of hydrogen-bond acceptors (Lipinski definition) is 4. The van der Waals surface area contributed by atoms with Crippen LogP contribution in [0.5, 0.6) is 0 Å². The minimum Gasteiger partial charge on any atom is -0.478 e. The average molecular weight is 539 g/mol. The molecule has 0 saturated heterocycles. The number of carbonyl (C=O) groups is 1. The van der Waals surface area contributed by atoms with Crippen LogP contribution < -0.4 is 10.5 Å². The molecule has 1 atom stereocenters. The van der Waals surface area contributed by atoms with Gasteiger partial charge >= 0.3 is 5.97 Å². The zero-order valence-corrected chi connectivity index (χ0v) is 20.2. The Labute approximate surface area is 217 Å². The summed E-state index contributed by atoms with van der Waals surface area (Å²) < 4.78 is 72.3. The minimum atomic E-state index is -2.37. The number of hydrogen-bond donors (Lipinski definition) is 2. The SMILES string of the molecule is C#CCN(c1cccc(C(=O)O)c1-c1c(F)c(F)c(F)c(F)c1F)[C@H]1CCc2cc3nc(C)[nH]c(=O)c3cc21. The molecule has 0 fully saturated rings. The van der Waals surface area contributed by atoms with Crippen molar-refractivity contribution in [2.24, 2.45) is 0 Å². The van der Waals surface area contributed by atoms with E-state index in [1.54, 1.807) is 19.1 Å². The lowest BCUT2D eigenvalue weighted by Gasteiger charge is -2.33. The first-order chi connectivity index (χ1) is 18.5. The van der Waals surface area contributed by atoms with Gasteiger partial charge in [-0.15, -0.1) is 6.42 Å². The van der Waals surface area contributed by atoms with E-state index in [1.807, 2.05) is 0 Å². The quantitative estimate of drug-likeness (QED) is 0.153. The van der Waals surface area contributed by atoms with E-state index in [2.05, 4.69) is 15.9 Å². The zero-order valence-electron chi connectivity index (χ0n) is 20.2. The van der Waals surface area contributed by atoms with Crippen molar-refractivity contribution in [3.8, 4) is 23.5 Å². The first-order valence-electron chi connectivity index (χ1n) is 11.7. The fourth-order valence-corrected chi connectivity index (χ4v) is 5.17. The lowest BCUT2D eigenvalue weighted by atomic mass is 9.94. The number of anilines is 1. The van der Waals surface area contributed by atoms with Gasteiger partial charge in [-0.3, -0.25) is 4.79 Å². The van der Waals surface area contributed by atoms with E-state index in [4.69, 9.17) is 6.42 Å². The van der Waals surface area contributed by atoms with Gasteiger partial charge in [0.1, 0.15) is 5.82 Å². The summed E-state index contributed by atoms with van der Waals surface area (Å²) >= 11 is 0. The number of terminal acetylenes is 1. The average Bonchev–Trinajstić information content (AvgIpc) is 3.31. The molecule has 39 heavy (non-hydrogen) atoms. The van der Waals surface area contributed by atoms with Crippen LogP contribution in [0.3, 0.4) is 0 Å². The van der Waals surface area contributed by atoms with Crippen molar-refractivity contribution in [1.82, 2.24) is 9.97 Å². The molecule has 0 radical (unpaired) electrons. The van der Waals surface area contributed by atoms with E-state index in [1.165, 1.54) is 17.0 Å². The Morgan fingerprint density at radius 2 is 1.77 bits per heavy atom. The number of benzene rings is 3. The number of aromatic amines is 1. The molecule has 0 amide bonds. The van der Waals surface area contributed by atoms with Crippen LogP contribution in [-0.2, 0) is 6.42 Å². The first-order valence-corrected chi connectivity index (χ1v) is 11.7. The van der Waals surface area contributed by atoms with Crippen LogP contribution >= 0.6 is 0 Å². The second-order valence-electron chi connectivity index (χ2n) is 9.06. The van der Waals surface area contributed by atoms with Gasteiger partial charge in [0.2, 0.25) is 5.82 Å². The number of rotatable bonds is 5. The van der Waals surface area contributed by atoms with E-state index in [0.29, 0.717) is 29.7 Å². The molecule has 1 aromatic heterocycles. The molecule has 0 spiro atoms. The molecule has 11 heteroatoms. The molecule has 5 rings (SSSR count). The molecular formula is C28H18F5N3O3. The number of nitrogens with zero attached hydrogens (tertiary/aromatic N) is 2. The lowest BCUT2D eigenvalue weighted by molar-refractivity contribution is 0.0697. The molecule has 1 aliphatic rings. The largest absolute Gasteiger partial charge is 0.478 e. The van der Waals surface area contributed by atoms with Gasteiger partial charge < -0.3 is 15.0 Å². The molecule has 0 unspecified atom stereocenters. The molecule has 3 aromatic carbocycles. The highest BCUT2D eigenvalue weighted by atomic mass is 19.2. The van der Waals surface area contributed by atoms with Gasteiger partial charge in [0.25, 0.3) is 5.56 Å². The molecule has 2 N–H and O–H groups in total. The molecule has 4 aromatic rings. The maximum atomic E-state index is 15.0. The van der Waals surface area contributed by atoms with Crippen molar-refractivity contribution in [3.05, 3.63) is 92.3 Å². The lowest BCUT2D eigenvalue weighted by Crippen LogP contribution is -2.29. The highest BCUT2D eigenvalue weighted by Gasteiger charge is 2.35. The smallest absolute Gasteiger partial charge is 0.336 e. The molecule has 0 bridgehead atoms. The molecule has 0 aliphatic heterocycles. The molecule has 6 nitrogen and oxygen atoms in total. The molecule has 1 heterocycles. The standard InChI is InChI=1S/C28H18F5N3O3/c1-3-9-36(18-8-7-13-10-17-16(11-15(13)18)27(37)35-12(2)34-17)19-6-4-5-14(28(38)39)20(19)21-22(29)24(31)26(33)25(32)23(21)30/h1,4-6,10-11,18H,7-9H2,2H3,(H,38,39)(H,34,35,37)/t18-/m0/s1.